The number of carbonyl (C=O) groups excluding carboxylic acids is 1. The maximum Gasteiger partial charge on any atom is 0.233 e. The van der Waals surface area contributed by atoms with Crippen LogP contribution in [-0.2, 0) is 21.2 Å². The highest BCUT2D eigenvalue weighted by Gasteiger charge is 2.33. The van der Waals surface area contributed by atoms with E-state index in [9.17, 15) is 13.2 Å². The van der Waals surface area contributed by atoms with Gasteiger partial charge in [-0.3, -0.25) is 4.79 Å². The molecule has 0 bridgehead atoms. The molecule has 1 aliphatic heterocycles. The molecule has 2 aromatic rings. The Kier molecular flexibility index (Phi) is 6.67. The summed E-state index contributed by atoms with van der Waals surface area (Å²) in [5.41, 5.74) is 0.906. The molecule has 1 aromatic carbocycles. The van der Waals surface area contributed by atoms with Gasteiger partial charge in [-0.25, -0.2) is 8.42 Å². The Morgan fingerprint density at radius 2 is 2.00 bits per heavy atom. The molecule has 1 amide bonds. The second-order valence-corrected chi connectivity index (χ2v) is 10.2. The van der Waals surface area contributed by atoms with Gasteiger partial charge in [0.15, 0.2) is 20.8 Å². The second kappa shape index (κ2) is 8.84. The summed E-state index contributed by atoms with van der Waals surface area (Å²) < 4.78 is 25.4. The number of rotatable bonds is 7. The largest absolute Gasteiger partial charge is 0.338 e. The molecule has 1 unspecified atom stereocenters. The van der Waals surface area contributed by atoms with Gasteiger partial charge in [0, 0.05) is 29.7 Å². The average Bonchev–Trinajstić information content (AvgIpc) is 3.24. The van der Waals surface area contributed by atoms with Crippen LogP contribution in [0.1, 0.15) is 20.3 Å². The van der Waals surface area contributed by atoms with Crippen molar-refractivity contribution in [1.29, 1.82) is 0 Å². The van der Waals surface area contributed by atoms with E-state index in [1.807, 2.05) is 30.5 Å². The van der Waals surface area contributed by atoms with Crippen LogP contribution in [0.4, 0.5) is 0 Å². The van der Waals surface area contributed by atoms with E-state index < -0.39 is 9.84 Å². The Hall–Kier alpha value is -1.58. The predicted octanol–water partition coefficient (Wildman–Crippen LogP) is 2.75. The normalized spacial score (nSPS) is 18.3. The fraction of sp³-hybridized carbons (Fsp3) is 0.500. The maximum atomic E-state index is 12.7. The minimum absolute atomic E-state index is 0.0586. The van der Waals surface area contributed by atoms with Crippen molar-refractivity contribution >= 4 is 39.1 Å². The van der Waals surface area contributed by atoms with Crippen molar-refractivity contribution < 1.29 is 13.2 Å². The van der Waals surface area contributed by atoms with Crippen molar-refractivity contribution in [2.45, 2.75) is 38.0 Å². The highest BCUT2D eigenvalue weighted by Crippen LogP contribution is 2.26. The Bertz CT molecular complexity index is 944. The van der Waals surface area contributed by atoms with E-state index in [1.54, 1.807) is 17.0 Å². The molecule has 0 aliphatic carbocycles. The number of halogens is 1. The molecule has 1 fully saturated rings. The van der Waals surface area contributed by atoms with E-state index in [1.165, 1.54) is 11.8 Å². The second-order valence-electron chi connectivity index (χ2n) is 6.58. The van der Waals surface area contributed by atoms with Crippen molar-refractivity contribution in [2.75, 3.05) is 23.8 Å². The SMILES string of the molecule is CCN(C(=O)CSc1nnc(-c2ccc(Cl)cc2)n1CC)C1CCS(=O)(=O)C1. The minimum Gasteiger partial charge on any atom is -0.338 e. The predicted molar refractivity (Wildman–Crippen MR) is 111 cm³/mol. The van der Waals surface area contributed by atoms with E-state index >= 15 is 0 Å². The van der Waals surface area contributed by atoms with Gasteiger partial charge in [-0.2, -0.15) is 0 Å². The molecule has 7 nitrogen and oxygen atoms in total. The first-order chi connectivity index (χ1) is 13.3. The van der Waals surface area contributed by atoms with Gasteiger partial charge in [0.2, 0.25) is 5.91 Å². The fourth-order valence-electron chi connectivity index (χ4n) is 3.36. The van der Waals surface area contributed by atoms with Crippen molar-refractivity contribution in [3.8, 4) is 11.4 Å². The Morgan fingerprint density at radius 1 is 1.29 bits per heavy atom. The molecular formula is C18H23ClN4O3S2. The zero-order valence-corrected chi connectivity index (χ0v) is 18.2. The number of aromatic nitrogens is 3. The molecule has 0 N–H and O–H groups in total. The monoisotopic (exact) mass is 442 g/mol. The lowest BCUT2D eigenvalue weighted by Gasteiger charge is -2.26. The Labute approximate surface area is 174 Å². The summed E-state index contributed by atoms with van der Waals surface area (Å²) in [5, 5.41) is 9.83. The lowest BCUT2D eigenvalue weighted by atomic mass is 10.2. The van der Waals surface area contributed by atoms with Crippen LogP contribution in [0, 0.1) is 0 Å². The number of amides is 1. The number of nitrogens with zero attached hydrogens (tertiary/aromatic N) is 4. The molecule has 1 atom stereocenters. The molecular weight excluding hydrogens is 420 g/mol. The first kappa shape index (κ1) is 21.1. The van der Waals surface area contributed by atoms with Crippen molar-refractivity contribution in [1.82, 2.24) is 19.7 Å². The van der Waals surface area contributed by atoms with Crippen LogP contribution in [0.3, 0.4) is 0 Å². The van der Waals surface area contributed by atoms with Crippen LogP contribution in [0.5, 0.6) is 0 Å². The van der Waals surface area contributed by atoms with Gasteiger partial charge in [-0.05, 0) is 44.5 Å². The van der Waals surface area contributed by atoms with Gasteiger partial charge in [0.25, 0.3) is 0 Å². The summed E-state index contributed by atoms with van der Waals surface area (Å²) in [6.07, 6.45) is 0.512. The van der Waals surface area contributed by atoms with Crippen LogP contribution in [-0.4, -0.2) is 63.8 Å². The van der Waals surface area contributed by atoms with E-state index in [-0.39, 0.29) is 29.2 Å². The zero-order valence-electron chi connectivity index (χ0n) is 15.8. The number of hydrogen-bond donors (Lipinski definition) is 0. The smallest absolute Gasteiger partial charge is 0.233 e. The van der Waals surface area contributed by atoms with Gasteiger partial charge in [0.1, 0.15) is 0 Å². The molecule has 1 aromatic heterocycles. The topological polar surface area (TPSA) is 85.2 Å². The Morgan fingerprint density at radius 3 is 2.57 bits per heavy atom. The van der Waals surface area contributed by atoms with E-state index in [2.05, 4.69) is 10.2 Å². The van der Waals surface area contributed by atoms with Crippen LogP contribution < -0.4 is 0 Å². The lowest BCUT2D eigenvalue weighted by molar-refractivity contribution is -0.129. The molecule has 0 spiro atoms. The number of benzene rings is 1. The first-order valence-corrected chi connectivity index (χ1v) is 12.3. The summed E-state index contributed by atoms with van der Waals surface area (Å²) in [5.74, 6) is 1.06. The van der Waals surface area contributed by atoms with Crippen molar-refractivity contribution in [2.24, 2.45) is 0 Å². The van der Waals surface area contributed by atoms with E-state index in [0.29, 0.717) is 29.7 Å². The van der Waals surface area contributed by atoms with Crippen LogP contribution >= 0.6 is 23.4 Å². The number of hydrogen-bond acceptors (Lipinski definition) is 6. The molecule has 152 valence electrons. The highest BCUT2D eigenvalue weighted by atomic mass is 35.5. The van der Waals surface area contributed by atoms with Gasteiger partial charge in [0.05, 0.1) is 17.3 Å². The summed E-state index contributed by atoms with van der Waals surface area (Å²) >= 11 is 7.27. The molecule has 0 saturated carbocycles. The molecule has 0 radical (unpaired) electrons. The van der Waals surface area contributed by atoms with Crippen LogP contribution in [0.25, 0.3) is 11.4 Å². The summed E-state index contributed by atoms with van der Waals surface area (Å²) in [6, 6.07) is 7.15. The molecule has 3 rings (SSSR count). The molecule has 1 aliphatic rings. The third-order valence-electron chi connectivity index (χ3n) is 4.77. The summed E-state index contributed by atoms with van der Waals surface area (Å²) in [4.78, 5) is 14.4. The van der Waals surface area contributed by atoms with Crippen LogP contribution in [0.15, 0.2) is 29.4 Å². The van der Waals surface area contributed by atoms with Gasteiger partial charge in [-0.15, -0.1) is 10.2 Å². The lowest BCUT2D eigenvalue weighted by Crippen LogP contribution is -2.42. The quantitative estimate of drug-likeness (QED) is 0.613. The minimum atomic E-state index is -3.03. The van der Waals surface area contributed by atoms with Gasteiger partial charge in [-0.1, -0.05) is 23.4 Å². The fourth-order valence-corrected chi connectivity index (χ4v) is 6.11. The third-order valence-corrected chi connectivity index (χ3v) is 7.72. The zero-order chi connectivity index (χ0) is 20.3. The Balaban J connectivity index is 1.70. The maximum absolute atomic E-state index is 12.7. The van der Waals surface area contributed by atoms with E-state index in [0.717, 1.165) is 11.4 Å². The van der Waals surface area contributed by atoms with Gasteiger partial charge >= 0.3 is 0 Å². The van der Waals surface area contributed by atoms with Crippen molar-refractivity contribution in [3.63, 3.8) is 0 Å². The summed E-state index contributed by atoms with van der Waals surface area (Å²) in [6.45, 7) is 5.03. The number of sulfone groups is 1. The number of carbonyl (C=O) groups is 1. The molecule has 10 heteroatoms. The van der Waals surface area contributed by atoms with E-state index in [4.69, 9.17) is 11.6 Å². The highest BCUT2D eigenvalue weighted by molar-refractivity contribution is 7.99. The number of thioether (sulfide) groups is 1. The standard InChI is InChI=1S/C18H23ClN4O3S2/c1-3-22(15-9-10-28(25,26)12-15)16(24)11-27-18-21-20-17(23(18)4-2)13-5-7-14(19)8-6-13/h5-8,15H,3-4,9-12H2,1-2H3. The molecule has 1 saturated heterocycles. The third kappa shape index (κ3) is 4.69. The van der Waals surface area contributed by atoms with Crippen LogP contribution in [0.2, 0.25) is 5.02 Å². The first-order valence-electron chi connectivity index (χ1n) is 9.16. The van der Waals surface area contributed by atoms with Crippen molar-refractivity contribution in [3.05, 3.63) is 29.3 Å². The summed E-state index contributed by atoms with van der Waals surface area (Å²) in [7, 11) is -3.03. The molecule has 2 heterocycles. The average molecular weight is 443 g/mol. The molecule has 28 heavy (non-hydrogen) atoms. The van der Waals surface area contributed by atoms with Gasteiger partial charge < -0.3 is 9.47 Å².